The zero-order valence-corrected chi connectivity index (χ0v) is 23.9. The molecule has 2 fully saturated rings. The van der Waals surface area contributed by atoms with Crippen molar-refractivity contribution in [3.63, 3.8) is 0 Å². The molecule has 7 heteroatoms. The number of hydrogen-bond donors (Lipinski definition) is 1. The molecular formula is C33H38N3O4+. The van der Waals surface area contributed by atoms with Gasteiger partial charge >= 0.3 is 17.5 Å². The summed E-state index contributed by atoms with van der Waals surface area (Å²) in [5.74, 6) is -0.509. The number of aliphatic hydroxyl groups is 1. The van der Waals surface area contributed by atoms with E-state index in [4.69, 9.17) is 9.47 Å². The molecule has 1 N–H and O–H groups in total. The van der Waals surface area contributed by atoms with Gasteiger partial charge in [-0.05, 0) is 70.7 Å². The summed E-state index contributed by atoms with van der Waals surface area (Å²) in [6.07, 6.45) is 2.26. The number of aliphatic hydroxyl groups excluding tert-OH is 1. The van der Waals surface area contributed by atoms with Gasteiger partial charge in [0.05, 0.1) is 7.11 Å². The van der Waals surface area contributed by atoms with Gasteiger partial charge in [-0.3, -0.25) is 4.79 Å². The van der Waals surface area contributed by atoms with E-state index in [1.54, 1.807) is 31.4 Å². The average molecular weight is 541 g/mol. The molecule has 2 aliphatic rings. The number of amides is 1. The molecule has 0 radical (unpaired) electrons. The van der Waals surface area contributed by atoms with E-state index >= 15 is 0 Å². The maximum Gasteiger partial charge on any atom is 0.527 e. The Balaban J connectivity index is 1.54. The van der Waals surface area contributed by atoms with Gasteiger partial charge in [-0.25, -0.2) is 0 Å². The van der Waals surface area contributed by atoms with Crippen molar-refractivity contribution in [3.8, 4) is 5.75 Å². The second kappa shape index (κ2) is 10.5. The molecule has 0 unspecified atom stereocenters. The first-order chi connectivity index (χ1) is 19.2. The van der Waals surface area contributed by atoms with Gasteiger partial charge in [0.25, 0.3) is 0 Å². The van der Waals surface area contributed by atoms with Crippen LogP contribution >= 0.6 is 0 Å². The van der Waals surface area contributed by atoms with Crippen molar-refractivity contribution in [2.75, 3.05) is 18.6 Å². The SMILES string of the molecule is CCCN(C(=O)/C([N+]#N)=C(\O)O[C@@H]1[C@H]2CC[C@@](C)([C@@H]1c1cccc3ccccc13)C2(C)C)c1ccc(OC)cc1. The van der Waals surface area contributed by atoms with E-state index in [9.17, 15) is 15.3 Å². The largest absolute Gasteiger partial charge is 0.527 e. The molecule has 0 saturated heterocycles. The van der Waals surface area contributed by atoms with Crippen LogP contribution in [0.3, 0.4) is 0 Å². The van der Waals surface area contributed by atoms with Crippen LogP contribution in [0.25, 0.3) is 15.7 Å². The van der Waals surface area contributed by atoms with Crippen molar-refractivity contribution in [3.05, 3.63) is 88.9 Å². The summed E-state index contributed by atoms with van der Waals surface area (Å²) in [6.45, 7) is 9.20. The van der Waals surface area contributed by atoms with E-state index in [-0.39, 0.29) is 22.7 Å². The molecule has 7 nitrogen and oxygen atoms in total. The quantitative estimate of drug-likeness (QED) is 0.179. The average Bonchev–Trinajstić information content (AvgIpc) is 3.28. The normalized spacial score (nSPS) is 25.2. The molecule has 0 aliphatic heterocycles. The molecule has 3 aromatic carbocycles. The van der Waals surface area contributed by atoms with Crippen molar-refractivity contribution in [2.45, 2.75) is 59.0 Å². The van der Waals surface area contributed by atoms with Crippen molar-refractivity contribution in [1.29, 1.82) is 5.39 Å². The minimum Gasteiger partial charge on any atom is -0.497 e. The van der Waals surface area contributed by atoms with Gasteiger partial charge in [-0.1, -0.05) is 70.2 Å². The summed E-state index contributed by atoms with van der Waals surface area (Å²) in [7, 11) is 1.58. The van der Waals surface area contributed by atoms with Gasteiger partial charge in [0.1, 0.15) is 11.9 Å². The fourth-order valence-corrected chi connectivity index (χ4v) is 7.30. The van der Waals surface area contributed by atoms with Crippen LogP contribution in [0.1, 0.15) is 58.4 Å². The number of benzene rings is 3. The summed E-state index contributed by atoms with van der Waals surface area (Å²) in [5.41, 5.74) is 1.10. The third kappa shape index (κ3) is 4.27. The van der Waals surface area contributed by atoms with Crippen LogP contribution in [0.15, 0.2) is 78.4 Å². The zero-order valence-electron chi connectivity index (χ0n) is 23.9. The first kappa shape index (κ1) is 27.5. The minimum absolute atomic E-state index is 0.0297. The van der Waals surface area contributed by atoms with Gasteiger partial charge in [0, 0.05) is 24.1 Å². The number of diazo groups is 1. The Morgan fingerprint density at radius 2 is 1.77 bits per heavy atom. The Morgan fingerprint density at radius 1 is 1.07 bits per heavy atom. The van der Waals surface area contributed by atoms with Crippen LogP contribution in [0.5, 0.6) is 5.75 Å². The number of hydrogen-bond acceptors (Lipinski definition) is 5. The lowest BCUT2D eigenvalue weighted by atomic mass is 9.64. The fourth-order valence-electron chi connectivity index (χ4n) is 7.30. The zero-order chi connectivity index (χ0) is 28.7. The van der Waals surface area contributed by atoms with Crippen molar-refractivity contribution in [2.24, 2.45) is 16.7 Å². The molecule has 0 spiro atoms. The number of nitrogens with zero attached hydrogens (tertiary/aromatic N) is 3. The molecule has 208 valence electrons. The lowest BCUT2D eigenvalue weighted by Crippen LogP contribution is -2.35. The van der Waals surface area contributed by atoms with E-state index in [1.165, 1.54) is 10.5 Å². The smallest absolute Gasteiger partial charge is 0.497 e. The number of rotatable bonds is 8. The van der Waals surface area contributed by atoms with Gasteiger partial charge < -0.3 is 19.5 Å². The van der Waals surface area contributed by atoms with E-state index in [0.29, 0.717) is 24.4 Å². The first-order valence-electron chi connectivity index (χ1n) is 14.1. The molecule has 0 aromatic heterocycles. The van der Waals surface area contributed by atoms with Crippen LogP contribution in [0.2, 0.25) is 0 Å². The van der Waals surface area contributed by atoms with Crippen LogP contribution in [0, 0.1) is 22.1 Å². The Bertz CT molecular complexity index is 1480. The summed E-state index contributed by atoms with van der Waals surface area (Å²) >= 11 is 0. The molecule has 0 heterocycles. The summed E-state index contributed by atoms with van der Waals surface area (Å²) in [5, 5.41) is 23.6. The summed E-state index contributed by atoms with van der Waals surface area (Å²) in [6, 6.07) is 21.7. The molecular weight excluding hydrogens is 502 g/mol. The molecule has 1 amide bonds. The maximum absolute atomic E-state index is 13.7. The number of carbonyl (C=O) groups is 1. The number of ether oxygens (including phenoxy) is 2. The van der Waals surface area contributed by atoms with Crippen LogP contribution in [-0.4, -0.2) is 30.8 Å². The van der Waals surface area contributed by atoms with Gasteiger partial charge in [-0.15, -0.1) is 0 Å². The Hall–Kier alpha value is -4.05. The molecule has 2 aliphatic carbocycles. The highest BCUT2D eigenvalue weighted by Crippen LogP contribution is 2.72. The van der Waals surface area contributed by atoms with E-state index < -0.39 is 23.7 Å². The Morgan fingerprint density at radius 3 is 2.45 bits per heavy atom. The monoisotopic (exact) mass is 540 g/mol. The van der Waals surface area contributed by atoms with Gasteiger partial charge in [-0.2, -0.15) is 0 Å². The number of fused-ring (bicyclic) bond motifs is 3. The highest BCUT2D eigenvalue weighted by molar-refractivity contribution is 6.06. The Labute approximate surface area is 236 Å². The third-order valence-electron chi connectivity index (χ3n) is 9.77. The predicted molar refractivity (Wildman–Crippen MR) is 157 cm³/mol. The van der Waals surface area contributed by atoms with E-state index in [2.05, 4.69) is 56.1 Å². The standard InChI is InChI=1S/C33H37N3O4/c1-6-20-36(22-14-16-23(39-5)17-15-22)30(37)28(35-34)31(38)40-29-26-18-19-33(4,32(26,2)3)27(29)25-13-9-11-21-10-7-8-12-24(21)25/h7-17,26-27,29H,6,18-20H2,1-5H3/p+1/t26-,27-,29-,33+/m1/s1. The molecule has 40 heavy (non-hydrogen) atoms. The molecule has 2 saturated carbocycles. The van der Waals surface area contributed by atoms with Crippen molar-refractivity contribution >= 4 is 22.4 Å². The topological polar surface area (TPSA) is 87.2 Å². The summed E-state index contributed by atoms with van der Waals surface area (Å²) in [4.78, 5) is 18.4. The van der Waals surface area contributed by atoms with Crippen molar-refractivity contribution < 1.29 is 19.4 Å². The molecule has 5 rings (SSSR count). The second-order valence-corrected chi connectivity index (χ2v) is 11.8. The van der Waals surface area contributed by atoms with E-state index in [1.807, 2.05) is 19.1 Å². The highest BCUT2D eigenvalue weighted by atomic mass is 16.6. The molecule has 4 atom stereocenters. The first-order valence-corrected chi connectivity index (χ1v) is 14.1. The summed E-state index contributed by atoms with van der Waals surface area (Å²) < 4.78 is 11.6. The van der Waals surface area contributed by atoms with E-state index in [0.717, 1.165) is 23.6 Å². The molecule has 2 bridgehead atoms. The number of methoxy groups -OCH3 is 1. The third-order valence-corrected chi connectivity index (χ3v) is 9.77. The van der Waals surface area contributed by atoms with Crippen LogP contribution < -0.4 is 9.64 Å². The minimum atomic E-state index is -0.649. The predicted octanol–water partition coefficient (Wildman–Crippen LogP) is 7.80. The number of anilines is 1. The highest BCUT2D eigenvalue weighted by Gasteiger charge is 2.68. The fraction of sp³-hybridized carbons (Fsp3) is 0.424. The van der Waals surface area contributed by atoms with Crippen LogP contribution in [-0.2, 0) is 9.53 Å². The van der Waals surface area contributed by atoms with Crippen molar-refractivity contribution in [1.82, 2.24) is 0 Å². The number of carbonyl (C=O) groups excluding carboxylic acids is 1. The lowest BCUT2D eigenvalue weighted by molar-refractivity contribution is -0.115. The molecule has 3 aromatic rings. The van der Waals surface area contributed by atoms with Gasteiger partial charge in [0.2, 0.25) is 5.39 Å². The van der Waals surface area contributed by atoms with Crippen LogP contribution in [0.4, 0.5) is 5.69 Å². The maximum atomic E-state index is 13.7. The lowest BCUT2D eigenvalue weighted by Gasteiger charge is -2.40. The second-order valence-electron chi connectivity index (χ2n) is 11.8. The van der Waals surface area contributed by atoms with Gasteiger partial charge in [0.15, 0.2) is 4.98 Å². The Kier molecular flexibility index (Phi) is 7.22.